The number of thiocarbonyl (C=S) groups is 1. The van der Waals surface area contributed by atoms with Crippen LogP contribution in [-0.2, 0) is 6.18 Å². The molecule has 0 unspecified atom stereocenters. The van der Waals surface area contributed by atoms with Gasteiger partial charge in [0.15, 0.2) is 5.11 Å². The highest BCUT2D eigenvalue weighted by atomic mass is 35.5. The molecular weight excluding hydrogens is 371 g/mol. The fourth-order valence-electron chi connectivity index (χ4n) is 2.01. The second kappa shape index (κ2) is 7.84. The first-order valence-corrected chi connectivity index (χ1v) is 8.01. The van der Waals surface area contributed by atoms with Gasteiger partial charge in [0.25, 0.3) is 0 Å². The monoisotopic (exact) mass is 385 g/mol. The van der Waals surface area contributed by atoms with Gasteiger partial charge in [-0.25, -0.2) is 0 Å². The number of nitrogens with zero attached hydrogens (tertiary/aromatic N) is 1. The molecule has 0 atom stereocenters. The summed E-state index contributed by atoms with van der Waals surface area (Å²) in [6, 6.07) is 10.3. The number of hydrazone groups is 1. The van der Waals surface area contributed by atoms with Crippen LogP contribution in [-0.4, -0.2) is 10.8 Å². The maximum absolute atomic E-state index is 12.8. The molecule has 0 saturated carbocycles. The van der Waals surface area contributed by atoms with Crippen molar-refractivity contribution in [3.63, 3.8) is 0 Å². The summed E-state index contributed by atoms with van der Waals surface area (Å²) in [6.07, 6.45) is -4.40. The van der Waals surface area contributed by atoms with Crippen molar-refractivity contribution in [3.05, 3.63) is 64.2 Å². The normalized spacial score (nSPS) is 12.0. The second-order valence-electron chi connectivity index (χ2n) is 5.25. The molecule has 2 rings (SSSR count). The number of hydrogen-bond acceptors (Lipinski definition) is 2. The molecule has 0 fully saturated rings. The first-order chi connectivity index (χ1) is 11.7. The highest BCUT2D eigenvalue weighted by Crippen LogP contribution is 2.29. The van der Waals surface area contributed by atoms with Crippen LogP contribution >= 0.6 is 23.8 Å². The van der Waals surface area contributed by atoms with Gasteiger partial charge >= 0.3 is 6.18 Å². The lowest BCUT2D eigenvalue weighted by Crippen LogP contribution is -2.25. The van der Waals surface area contributed by atoms with Crippen LogP contribution in [0.15, 0.2) is 47.6 Å². The third-order valence-corrected chi connectivity index (χ3v) is 4.05. The lowest BCUT2D eigenvalue weighted by atomic mass is 10.1. The van der Waals surface area contributed by atoms with E-state index in [-0.39, 0.29) is 5.11 Å². The molecule has 0 amide bonds. The molecule has 2 aromatic carbocycles. The van der Waals surface area contributed by atoms with Crippen molar-refractivity contribution in [2.45, 2.75) is 20.0 Å². The number of benzene rings is 2. The van der Waals surface area contributed by atoms with Gasteiger partial charge in [0.1, 0.15) is 0 Å². The highest BCUT2D eigenvalue weighted by Gasteiger charge is 2.30. The summed E-state index contributed by atoms with van der Waals surface area (Å²) in [4.78, 5) is 0. The van der Waals surface area contributed by atoms with Crippen molar-refractivity contribution in [3.8, 4) is 0 Å². The molecule has 2 N–H and O–H groups in total. The average molecular weight is 386 g/mol. The molecule has 0 aromatic heterocycles. The summed E-state index contributed by atoms with van der Waals surface area (Å²) in [5, 5.41) is 7.77. The lowest BCUT2D eigenvalue weighted by molar-refractivity contribution is -0.137. The van der Waals surface area contributed by atoms with Crippen LogP contribution in [0.1, 0.15) is 23.6 Å². The van der Waals surface area contributed by atoms with Crippen LogP contribution < -0.4 is 10.7 Å². The van der Waals surface area contributed by atoms with Crippen LogP contribution in [0.4, 0.5) is 18.9 Å². The van der Waals surface area contributed by atoms with Gasteiger partial charge in [-0.05, 0) is 61.5 Å². The van der Waals surface area contributed by atoms with Gasteiger partial charge in [0.2, 0.25) is 0 Å². The van der Waals surface area contributed by atoms with Crippen LogP contribution in [0.2, 0.25) is 5.02 Å². The number of alkyl halides is 3. The molecule has 0 aliphatic carbocycles. The molecule has 0 saturated heterocycles. The van der Waals surface area contributed by atoms with Crippen molar-refractivity contribution in [1.29, 1.82) is 0 Å². The topological polar surface area (TPSA) is 36.4 Å². The van der Waals surface area contributed by atoms with E-state index in [1.807, 2.05) is 6.92 Å². The van der Waals surface area contributed by atoms with Crippen LogP contribution in [0, 0.1) is 6.92 Å². The number of anilines is 1. The molecule has 0 aliphatic heterocycles. The highest BCUT2D eigenvalue weighted by molar-refractivity contribution is 7.80. The van der Waals surface area contributed by atoms with E-state index in [1.165, 1.54) is 6.07 Å². The molecule has 0 radical (unpaired) electrons. The van der Waals surface area contributed by atoms with E-state index < -0.39 is 11.7 Å². The van der Waals surface area contributed by atoms with Crippen molar-refractivity contribution in [2.75, 3.05) is 5.32 Å². The Kier molecular flexibility index (Phi) is 6.02. The maximum Gasteiger partial charge on any atom is 0.416 e. The van der Waals surface area contributed by atoms with Crippen molar-refractivity contribution in [1.82, 2.24) is 5.43 Å². The third-order valence-electron chi connectivity index (χ3n) is 3.45. The zero-order valence-corrected chi connectivity index (χ0v) is 15.0. The Hall–Kier alpha value is -2.12. The van der Waals surface area contributed by atoms with E-state index in [2.05, 4.69) is 15.8 Å². The Morgan fingerprint density at radius 1 is 1.16 bits per heavy atom. The largest absolute Gasteiger partial charge is 0.416 e. The molecule has 0 spiro atoms. The van der Waals surface area contributed by atoms with Gasteiger partial charge in [-0.2, -0.15) is 18.3 Å². The molecule has 0 bridgehead atoms. The Morgan fingerprint density at radius 3 is 2.52 bits per heavy atom. The zero-order chi connectivity index (χ0) is 18.6. The Morgan fingerprint density at radius 2 is 1.84 bits per heavy atom. The summed E-state index contributed by atoms with van der Waals surface area (Å²) in [6.45, 7) is 3.43. The van der Waals surface area contributed by atoms with E-state index in [0.29, 0.717) is 16.3 Å². The summed E-state index contributed by atoms with van der Waals surface area (Å²) < 4.78 is 38.3. The van der Waals surface area contributed by atoms with Gasteiger partial charge in [-0.3, -0.25) is 5.43 Å². The van der Waals surface area contributed by atoms with Crippen molar-refractivity contribution >= 4 is 40.3 Å². The molecule has 8 heteroatoms. The number of hydrogen-bond donors (Lipinski definition) is 2. The van der Waals surface area contributed by atoms with E-state index >= 15 is 0 Å². The van der Waals surface area contributed by atoms with E-state index in [1.54, 1.807) is 31.2 Å². The molecule has 3 nitrogen and oxygen atoms in total. The average Bonchev–Trinajstić information content (AvgIpc) is 2.56. The minimum Gasteiger partial charge on any atom is -0.331 e. The first kappa shape index (κ1) is 19.2. The van der Waals surface area contributed by atoms with Crippen LogP contribution in [0.25, 0.3) is 0 Å². The third kappa shape index (κ3) is 5.17. The molecule has 0 heterocycles. The fourth-order valence-corrected chi connectivity index (χ4v) is 2.34. The van der Waals surface area contributed by atoms with E-state index in [0.717, 1.165) is 23.4 Å². The summed E-state index contributed by atoms with van der Waals surface area (Å²) >= 11 is 11.2. The number of rotatable bonds is 3. The quantitative estimate of drug-likeness (QED) is 0.423. The van der Waals surface area contributed by atoms with Gasteiger partial charge in [0, 0.05) is 10.7 Å². The SMILES string of the molecule is C/C(=N/NC(=S)Nc1cccc(Cl)c1C)c1cccc(C(F)(F)F)c1. The minimum atomic E-state index is -4.40. The Balaban J connectivity index is 2.08. The Labute approximate surface area is 153 Å². The standard InChI is InChI=1S/C17H15ClF3N3S/c1-10-14(18)7-4-8-15(10)22-16(25)24-23-11(2)12-5-3-6-13(9-12)17(19,20)21/h3-9H,1-2H3,(H2,22,24,25)/b23-11-. The Bertz CT molecular complexity index is 819. The van der Waals surface area contributed by atoms with Gasteiger partial charge in [-0.1, -0.05) is 29.8 Å². The predicted octanol–water partition coefficient (Wildman–Crippen LogP) is 5.38. The van der Waals surface area contributed by atoms with Crippen LogP contribution in [0.5, 0.6) is 0 Å². The molecule has 25 heavy (non-hydrogen) atoms. The summed E-state index contributed by atoms with van der Waals surface area (Å²) in [5.41, 5.74) is 4.16. The maximum atomic E-state index is 12.8. The van der Waals surface area contributed by atoms with Crippen molar-refractivity contribution < 1.29 is 13.2 Å². The van der Waals surface area contributed by atoms with Crippen molar-refractivity contribution in [2.24, 2.45) is 5.10 Å². The fraction of sp³-hybridized carbons (Fsp3) is 0.176. The summed E-state index contributed by atoms with van der Waals surface area (Å²) in [7, 11) is 0. The van der Waals surface area contributed by atoms with Crippen LogP contribution in [0.3, 0.4) is 0 Å². The van der Waals surface area contributed by atoms with E-state index in [4.69, 9.17) is 23.8 Å². The van der Waals surface area contributed by atoms with E-state index in [9.17, 15) is 13.2 Å². The second-order valence-corrected chi connectivity index (χ2v) is 6.07. The van der Waals surface area contributed by atoms with Gasteiger partial charge in [0.05, 0.1) is 11.3 Å². The zero-order valence-electron chi connectivity index (χ0n) is 13.4. The molecule has 132 valence electrons. The lowest BCUT2D eigenvalue weighted by Gasteiger charge is -2.12. The molecular formula is C17H15ClF3N3S. The van der Waals surface area contributed by atoms with Gasteiger partial charge < -0.3 is 5.32 Å². The minimum absolute atomic E-state index is 0.205. The van der Waals surface area contributed by atoms with Gasteiger partial charge in [-0.15, -0.1) is 0 Å². The number of halogens is 4. The smallest absolute Gasteiger partial charge is 0.331 e. The predicted molar refractivity (Wildman–Crippen MR) is 99.2 cm³/mol. The summed E-state index contributed by atoms with van der Waals surface area (Å²) in [5.74, 6) is 0. The number of nitrogens with one attached hydrogen (secondary N) is 2. The molecule has 0 aliphatic rings. The molecule has 2 aromatic rings. The first-order valence-electron chi connectivity index (χ1n) is 7.22.